The number of anilines is 1. The molecule has 4 rings (SSSR count). The summed E-state index contributed by atoms with van der Waals surface area (Å²) in [4.78, 5) is 13.3. The number of halogens is 1. The van der Waals surface area contributed by atoms with Crippen LogP contribution in [0.1, 0.15) is 23.2 Å². The Bertz CT molecular complexity index is 1100. The van der Waals surface area contributed by atoms with Crippen LogP contribution < -0.4 is 5.32 Å². The Labute approximate surface area is 173 Å². The van der Waals surface area contributed by atoms with Gasteiger partial charge in [-0.25, -0.2) is 8.42 Å². The van der Waals surface area contributed by atoms with Crippen molar-refractivity contribution in [3.63, 3.8) is 0 Å². The molecular weight excluding hydrogens is 468 g/mol. The van der Waals surface area contributed by atoms with E-state index >= 15 is 0 Å². The third-order valence-electron chi connectivity index (χ3n) is 4.25. The third kappa shape index (κ3) is 3.88. The highest BCUT2D eigenvalue weighted by molar-refractivity contribution is 9.11. The van der Waals surface area contributed by atoms with Gasteiger partial charge in [0.15, 0.2) is 0 Å². The second-order valence-electron chi connectivity index (χ2n) is 6.11. The minimum atomic E-state index is -3.51. The van der Waals surface area contributed by atoms with Crippen molar-refractivity contribution in [1.29, 1.82) is 0 Å². The molecular formula is C17H15BrN4O4S2. The van der Waals surface area contributed by atoms with Crippen LogP contribution in [0, 0.1) is 0 Å². The Morgan fingerprint density at radius 2 is 1.82 bits per heavy atom. The third-order valence-corrected chi connectivity index (χ3v) is 7.77. The first-order chi connectivity index (χ1) is 13.4. The standard InChI is InChI=1S/C17H15BrN4O4S2/c18-14-8-7-13(27-14)16-20-21-17(26-16)19-15(23)11-3-5-12(6-4-11)28(24,25)22-9-1-2-10-22/h3-8H,1-2,9-10H2,(H,19,21,23). The van der Waals surface area contributed by atoms with E-state index in [0.29, 0.717) is 24.5 Å². The first kappa shape index (κ1) is 19.2. The zero-order valence-electron chi connectivity index (χ0n) is 14.5. The number of carbonyl (C=O) groups is 1. The van der Waals surface area contributed by atoms with Crippen molar-refractivity contribution in [2.75, 3.05) is 18.4 Å². The molecule has 1 aliphatic heterocycles. The summed E-state index contributed by atoms with van der Waals surface area (Å²) in [5.74, 6) is -0.161. The predicted octanol–water partition coefficient (Wildman–Crippen LogP) is 3.60. The van der Waals surface area contributed by atoms with E-state index in [1.807, 2.05) is 12.1 Å². The van der Waals surface area contributed by atoms with E-state index in [1.165, 1.54) is 39.9 Å². The molecule has 8 nitrogen and oxygen atoms in total. The summed E-state index contributed by atoms with van der Waals surface area (Å²) in [5, 5.41) is 10.2. The fraction of sp³-hybridized carbons (Fsp3) is 0.235. The number of thiophene rings is 1. The molecule has 1 N–H and O–H groups in total. The lowest BCUT2D eigenvalue weighted by atomic mass is 10.2. The maximum Gasteiger partial charge on any atom is 0.322 e. The van der Waals surface area contributed by atoms with Crippen LogP contribution in [0.3, 0.4) is 0 Å². The smallest absolute Gasteiger partial charge is 0.322 e. The lowest BCUT2D eigenvalue weighted by Crippen LogP contribution is -2.27. The molecule has 0 spiro atoms. The second-order valence-corrected chi connectivity index (χ2v) is 10.5. The van der Waals surface area contributed by atoms with Crippen LogP contribution in [-0.4, -0.2) is 41.9 Å². The normalized spacial score (nSPS) is 15.0. The van der Waals surface area contributed by atoms with Gasteiger partial charge in [0.2, 0.25) is 10.0 Å². The fourth-order valence-electron chi connectivity index (χ4n) is 2.83. The SMILES string of the molecule is O=C(Nc1nnc(-c2ccc(Br)s2)o1)c1ccc(S(=O)(=O)N2CCCC2)cc1. The van der Waals surface area contributed by atoms with Gasteiger partial charge in [0.1, 0.15) is 0 Å². The van der Waals surface area contributed by atoms with E-state index in [9.17, 15) is 13.2 Å². The molecule has 0 bridgehead atoms. The van der Waals surface area contributed by atoms with E-state index < -0.39 is 15.9 Å². The van der Waals surface area contributed by atoms with Gasteiger partial charge in [0, 0.05) is 18.7 Å². The molecule has 0 radical (unpaired) electrons. The van der Waals surface area contributed by atoms with E-state index in [1.54, 1.807) is 0 Å². The fourth-order valence-corrected chi connectivity index (χ4v) is 5.65. The van der Waals surface area contributed by atoms with Crippen molar-refractivity contribution >= 4 is 49.2 Å². The lowest BCUT2D eigenvalue weighted by molar-refractivity contribution is 0.102. The molecule has 1 amide bonds. The summed E-state index contributed by atoms with van der Waals surface area (Å²) < 4.78 is 32.9. The van der Waals surface area contributed by atoms with Crippen molar-refractivity contribution in [2.24, 2.45) is 0 Å². The molecule has 146 valence electrons. The Morgan fingerprint density at radius 1 is 1.11 bits per heavy atom. The van der Waals surface area contributed by atoms with Gasteiger partial charge < -0.3 is 4.42 Å². The lowest BCUT2D eigenvalue weighted by Gasteiger charge is -2.15. The van der Waals surface area contributed by atoms with Crippen LogP contribution in [0.4, 0.5) is 6.01 Å². The molecule has 0 aliphatic carbocycles. The average Bonchev–Trinajstić information content (AvgIpc) is 3.43. The highest BCUT2D eigenvalue weighted by Gasteiger charge is 2.27. The molecule has 1 fully saturated rings. The molecule has 0 saturated carbocycles. The molecule has 11 heteroatoms. The summed E-state index contributed by atoms with van der Waals surface area (Å²) in [5.41, 5.74) is 0.291. The van der Waals surface area contributed by atoms with Gasteiger partial charge in [0.05, 0.1) is 13.6 Å². The maximum absolute atomic E-state index is 12.5. The minimum absolute atomic E-state index is 0.0294. The predicted molar refractivity (Wildman–Crippen MR) is 108 cm³/mol. The van der Waals surface area contributed by atoms with Crippen LogP contribution >= 0.6 is 27.3 Å². The summed E-state index contributed by atoms with van der Waals surface area (Å²) in [6.07, 6.45) is 1.74. The average molecular weight is 483 g/mol. The number of nitrogens with zero attached hydrogens (tertiary/aromatic N) is 3. The van der Waals surface area contributed by atoms with Crippen molar-refractivity contribution in [3.8, 4) is 10.8 Å². The number of amides is 1. The zero-order chi connectivity index (χ0) is 19.7. The number of carbonyl (C=O) groups excluding carboxylic acids is 1. The highest BCUT2D eigenvalue weighted by Crippen LogP contribution is 2.31. The first-order valence-corrected chi connectivity index (χ1v) is 11.5. The summed E-state index contributed by atoms with van der Waals surface area (Å²) in [6, 6.07) is 9.46. The Morgan fingerprint density at radius 3 is 2.46 bits per heavy atom. The van der Waals surface area contributed by atoms with E-state index in [0.717, 1.165) is 21.5 Å². The number of nitrogens with one attached hydrogen (secondary N) is 1. The van der Waals surface area contributed by atoms with Gasteiger partial charge in [-0.1, -0.05) is 5.10 Å². The summed E-state index contributed by atoms with van der Waals surface area (Å²) in [7, 11) is -3.51. The zero-order valence-corrected chi connectivity index (χ0v) is 17.7. The van der Waals surface area contributed by atoms with E-state index in [4.69, 9.17) is 4.42 Å². The Balaban J connectivity index is 1.46. The molecule has 1 saturated heterocycles. The minimum Gasteiger partial charge on any atom is -0.402 e. The first-order valence-electron chi connectivity index (χ1n) is 8.44. The van der Waals surface area contributed by atoms with Gasteiger partial charge in [-0.05, 0) is 65.2 Å². The molecule has 28 heavy (non-hydrogen) atoms. The Hall–Kier alpha value is -2.08. The van der Waals surface area contributed by atoms with Gasteiger partial charge in [0.25, 0.3) is 11.8 Å². The van der Waals surface area contributed by atoms with Crippen LogP contribution in [-0.2, 0) is 10.0 Å². The quantitative estimate of drug-likeness (QED) is 0.595. The Kier molecular flexibility index (Phi) is 5.32. The number of aromatic nitrogens is 2. The number of hydrogen-bond donors (Lipinski definition) is 1. The summed E-state index contributed by atoms with van der Waals surface area (Å²) in [6.45, 7) is 1.07. The molecule has 2 aromatic heterocycles. The van der Waals surface area contributed by atoms with Gasteiger partial charge >= 0.3 is 6.01 Å². The highest BCUT2D eigenvalue weighted by atomic mass is 79.9. The molecule has 0 atom stereocenters. The molecule has 1 aromatic carbocycles. The number of sulfonamides is 1. The van der Waals surface area contributed by atoms with Crippen LogP contribution in [0.25, 0.3) is 10.8 Å². The van der Waals surface area contributed by atoms with Crippen molar-refractivity contribution < 1.29 is 17.6 Å². The van der Waals surface area contributed by atoms with E-state index in [-0.39, 0.29) is 10.9 Å². The van der Waals surface area contributed by atoms with Gasteiger partial charge in [-0.2, -0.15) is 4.31 Å². The second kappa shape index (κ2) is 7.74. The maximum atomic E-state index is 12.5. The monoisotopic (exact) mass is 482 g/mol. The number of benzene rings is 1. The van der Waals surface area contributed by atoms with Crippen molar-refractivity contribution in [3.05, 3.63) is 45.7 Å². The molecule has 1 aliphatic rings. The van der Waals surface area contributed by atoms with Crippen molar-refractivity contribution in [2.45, 2.75) is 17.7 Å². The molecule has 0 unspecified atom stereocenters. The van der Waals surface area contributed by atoms with Crippen LogP contribution in [0.2, 0.25) is 0 Å². The number of rotatable bonds is 5. The molecule has 3 heterocycles. The largest absolute Gasteiger partial charge is 0.402 e. The van der Waals surface area contributed by atoms with Crippen LogP contribution in [0.5, 0.6) is 0 Å². The van der Waals surface area contributed by atoms with Crippen LogP contribution in [0.15, 0.2) is 49.5 Å². The van der Waals surface area contributed by atoms with Crippen molar-refractivity contribution in [1.82, 2.24) is 14.5 Å². The number of hydrogen-bond acceptors (Lipinski definition) is 7. The topological polar surface area (TPSA) is 105 Å². The summed E-state index contributed by atoms with van der Waals surface area (Å²) >= 11 is 4.79. The van der Waals surface area contributed by atoms with E-state index in [2.05, 4.69) is 31.4 Å². The van der Waals surface area contributed by atoms with Gasteiger partial charge in [-0.3, -0.25) is 10.1 Å². The molecule has 3 aromatic rings. The van der Waals surface area contributed by atoms with Gasteiger partial charge in [-0.15, -0.1) is 16.4 Å².